The molecule has 1 aliphatic carbocycles. The van der Waals surface area contributed by atoms with Crippen molar-refractivity contribution in [3.05, 3.63) is 35.4 Å². The van der Waals surface area contributed by atoms with Crippen molar-refractivity contribution in [1.29, 1.82) is 0 Å². The summed E-state index contributed by atoms with van der Waals surface area (Å²) < 4.78 is 6.00. The predicted molar refractivity (Wildman–Crippen MR) is 71.0 cm³/mol. The first-order valence-corrected chi connectivity index (χ1v) is 6.76. The van der Waals surface area contributed by atoms with Gasteiger partial charge in [-0.15, -0.1) is 0 Å². The van der Waals surface area contributed by atoms with E-state index in [0.717, 1.165) is 19.3 Å². The van der Waals surface area contributed by atoms with Crippen LogP contribution in [0.4, 0.5) is 0 Å². The van der Waals surface area contributed by atoms with Crippen LogP contribution in [0.3, 0.4) is 0 Å². The van der Waals surface area contributed by atoms with Gasteiger partial charge in [-0.3, -0.25) is 0 Å². The van der Waals surface area contributed by atoms with Crippen molar-refractivity contribution in [3.63, 3.8) is 0 Å². The summed E-state index contributed by atoms with van der Waals surface area (Å²) in [7, 11) is 0. The van der Waals surface area contributed by atoms with Crippen LogP contribution in [0.1, 0.15) is 49.8 Å². The maximum Gasteiger partial charge on any atom is 0.0828 e. The van der Waals surface area contributed by atoms with E-state index in [1.807, 2.05) is 0 Å². The number of fused-ring (bicyclic) bond motifs is 1. The lowest BCUT2D eigenvalue weighted by Crippen LogP contribution is -2.27. The summed E-state index contributed by atoms with van der Waals surface area (Å²) in [4.78, 5) is 0. The molecule has 0 fully saturated rings. The van der Waals surface area contributed by atoms with E-state index in [2.05, 4.69) is 31.2 Å². The molecule has 2 rings (SSSR count). The van der Waals surface area contributed by atoms with Crippen LogP contribution >= 0.6 is 0 Å². The monoisotopic (exact) mass is 233 g/mol. The largest absolute Gasteiger partial charge is 0.372 e. The summed E-state index contributed by atoms with van der Waals surface area (Å²) in [5.41, 5.74) is 8.83. The van der Waals surface area contributed by atoms with E-state index in [0.29, 0.717) is 6.61 Å². The Labute approximate surface area is 104 Å². The van der Waals surface area contributed by atoms with Crippen LogP contribution in [0, 0.1) is 0 Å². The fraction of sp³-hybridized carbons (Fsp3) is 0.600. The lowest BCUT2D eigenvalue weighted by Gasteiger charge is -2.26. The Morgan fingerprint density at radius 1 is 1.41 bits per heavy atom. The number of hydrogen-bond acceptors (Lipinski definition) is 2. The molecule has 0 aromatic heterocycles. The van der Waals surface area contributed by atoms with Gasteiger partial charge in [0.15, 0.2) is 0 Å². The summed E-state index contributed by atoms with van der Waals surface area (Å²) in [5.74, 6) is 0. The van der Waals surface area contributed by atoms with Crippen molar-refractivity contribution < 1.29 is 4.74 Å². The first-order valence-electron chi connectivity index (χ1n) is 6.76. The molecule has 17 heavy (non-hydrogen) atoms. The Kier molecular flexibility index (Phi) is 4.57. The number of benzene rings is 1. The molecule has 2 nitrogen and oxygen atoms in total. The minimum absolute atomic E-state index is 0.189. The van der Waals surface area contributed by atoms with Gasteiger partial charge in [-0.2, -0.15) is 0 Å². The molecule has 2 heteroatoms. The number of aryl methyl sites for hydroxylation is 1. The van der Waals surface area contributed by atoms with E-state index in [1.54, 1.807) is 0 Å². The highest BCUT2D eigenvalue weighted by molar-refractivity contribution is 5.31. The molecule has 0 bridgehead atoms. The summed E-state index contributed by atoms with van der Waals surface area (Å²) in [6.45, 7) is 2.85. The highest BCUT2D eigenvalue weighted by atomic mass is 16.5. The highest BCUT2D eigenvalue weighted by Crippen LogP contribution is 2.32. The van der Waals surface area contributed by atoms with Gasteiger partial charge in [-0.05, 0) is 36.8 Å². The predicted octanol–water partition coefficient (Wildman–Crippen LogP) is 3.21. The minimum atomic E-state index is 0.189. The molecule has 0 amide bonds. The lowest BCUT2D eigenvalue weighted by atomic mass is 9.89. The molecule has 1 aromatic carbocycles. The van der Waals surface area contributed by atoms with Gasteiger partial charge in [-0.25, -0.2) is 0 Å². The van der Waals surface area contributed by atoms with E-state index in [4.69, 9.17) is 10.5 Å². The Hall–Kier alpha value is -0.860. The van der Waals surface area contributed by atoms with Gasteiger partial charge in [0.2, 0.25) is 0 Å². The van der Waals surface area contributed by atoms with E-state index in [-0.39, 0.29) is 12.1 Å². The first kappa shape index (κ1) is 12.6. The second-order valence-corrected chi connectivity index (χ2v) is 4.96. The highest BCUT2D eigenvalue weighted by Gasteiger charge is 2.20. The Morgan fingerprint density at radius 2 is 2.24 bits per heavy atom. The van der Waals surface area contributed by atoms with Crippen molar-refractivity contribution in [2.45, 2.75) is 51.2 Å². The quantitative estimate of drug-likeness (QED) is 0.847. The van der Waals surface area contributed by atoms with E-state index >= 15 is 0 Å². The SMILES string of the molecule is CCCC(N)COC1CCCc2ccccc21. The van der Waals surface area contributed by atoms with Gasteiger partial charge in [0.25, 0.3) is 0 Å². The van der Waals surface area contributed by atoms with Crippen molar-refractivity contribution in [2.75, 3.05) is 6.61 Å². The van der Waals surface area contributed by atoms with Crippen LogP contribution in [-0.4, -0.2) is 12.6 Å². The van der Waals surface area contributed by atoms with Gasteiger partial charge < -0.3 is 10.5 Å². The third kappa shape index (κ3) is 3.30. The van der Waals surface area contributed by atoms with Crippen molar-refractivity contribution in [1.82, 2.24) is 0 Å². The molecular weight excluding hydrogens is 210 g/mol. The van der Waals surface area contributed by atoms with E-state index < -0.39 is 0 Å². The number of ether oxygens (including phenoxy) is 1. The van der Waals surface area contributed by atoms with Crippen molar-refractivity contribution in [2.24, 2.45) is 5.73 Å². The van der Waals surface area contributed by atoms with Crippen LogP contribution in [0.25, 0.3) is 0 Å². The topological polar surface area (TPSA) is 35.2 Å². The number of nitrogens with two attached hydrogens (primary N) is 1. The summed E-state index contributed by atoms with van der Waals surface area (Å²) in [6.07, 6.45) is 6.00. The number of rotatable bonds is 5. The van der Waals surface area contributed by atoms with Gasteiger partial charge in [-0.1, -0.05) is 37.6 Å². The van der Waals surface area contributed by atoms with E-state index in [1.165, 1.54) is 24.0 Å². The van der Waals surface area contributed by atoms with Crippen LogP contribution < -0.4 is 5.73 Å². The second kappa shape index (κ2) is 6.18. The summed E-state index contributed by atoms with van der Waals surface area (Å²) in [5, 5.41) is 0. The van der Waals surface area contributed by atoms with Crippen LogP contribution in [0.15, 0.2) is 24.3 Å². The smallest absolute Gasteiger partial charge is 0.0828 e. The average molecular weight is 233 g/mol. The van der Waals surface area contributed by atoms with Gasteiger partial charge >= 0.3 is 0 Å². The molecule has 2 N–H and O–H groups in total. The summed E-state index contributed by atoms with van der Waals surface area (Å²) >= 11 is 0. The molecule has 0 saturated heterocycles. The second-order valence-electron chi connectivity index (χ2n) is 4.96. The normalized spacial score (nSPS) is 20.9. The third-order valence-corrected chi connectivity index (χ3v) is 3.49. The molecular formula is C15H23NO. The molecule has 94 valence electrons. The molecule has 0 saturated carbocycles. The molecule has 1 aromatic rings. The fourth-order valence-electron chi connectivity index (χ4n) is 2.58. The Bertz CT molecular complexity index is 351. The molecule has 2 atom stereocenters. The molecule has 2 unspecified atom stereocenters. The molecule has 0 aliphatic heterocycles. The molecule has 0 spiro atoms. The third-order valence-electron chi connectivity index (χ3n) is 3.49. The maximum absolute atomic E-state index is 6.00. The Balaban J connectivity index is 1.94. The van der Waals surface area contributed by atoms with Gasteiger partial charge in [0.1, 0.15) is 0 Å². The number of hydrogen-bond donors (Lipinski definition) is 1. The first-order chi connectivity index (χ1) is 8.31. The van der Waals surface area contributed by atoms with Crippen LogP contribution in [-0.2, 0) is 11.2 Å². The maximum atomic E-state index is 6.00. The zero-order valence-electron chi connectivity index (χ0n) is 10.7. The molecule has 0 heterocycles. The molecule has 1 aliphatic rings. The lowest BCUT2D eigenvalue weighted by molar-refractivity contribution is 0.0310. The van der Waals surface area contributed by atoms with Crippen LogP contribution in [0.2, 0.25) is 0 Å². The fourth-order valence-corrected chi connectivity index (χ4v) is 2.58. The zero-order valence-corrected chi connectivity index (χ0v) is 10.7. The zero-order chi connectivity index (χ0) is 12.1. The van der Waals surface area contributed by atoms with E-state index in [9.17, 15) is 0 Å². The van der Waals surface area contributed by atoms with Crippen LogP contribution in [0.5, 0.6) is 0 Å². The molecule has 0 radical (unpaired) electrons. The average Bonchev–Trinajstić information content (AvgIpc) is 2.36. The van der Waals surface area contributed by atoms with Gasteiger partial charge in [0, 0.05) is 6.04 Å². The minimum Gasteiger partial charge on any atom is -0.372 e. The van der Waals surface area contributed by atoms with Crippen molar-refractivity contribution in [3.8, 4) is 0 Å². The standard InChI is InChI=1S/C15H23NO/c1-2-6-13(16)11-17-15-10-5-8-12-7-3-4-9-14(12)15/h3-4,7,9,13,15H,2,5-6,8,10-11,16H2,1H3. The Morgan fingerprint density at radius 3 is 3.06 bits per heavy atom. The summed E-state index contributed by atoms with van der Waals surface area (Å²) in [6, 6.07) is 8.83. The van der Waals surface area contributed by atoms with Gasteiger partial charge in [0.05, 0.1) is 12.7 Å². The van der Waals surface area contributed by atoms with Crippen molar-refractivity contribution >= 4 is 0 Å².